The normalized spacial score (nSPS) is 12.6. The highest BCUT2D eigenvalue weighted by molar-refractivity contribution is 5.96. The number of likely N-dealkylation sites (N-methyl/N-ethyl adjacent to an activating group) is 1. The van der Waals surface area contributed by atoms with Gasteiger partial charge in [-0.25, -0.2) is 14.4 Å². The molecule has 11 heteroatoms. The Morgan fingerprint density at radius 1 is 1.02 bits per heavy atom. The lowest BCUT2D eigenvalue weighted by atomic mass is 9.99. The van der Waals surface area contributed by atoms with E-state index in [-0.39, 0.29) is 17.9 Å². The predicted molar refractivity (Wildman–Crippen MR) is 160 cm³/mol. The standard InChI is InChI=1S/C30H31FN10/c1-16(2)36-21-10-19(12-33-13-21)25-11-23-26(14-35-25)39-40-28(23)30-37-27-22(5-6-34-29(27)38-30)17-7-18(9-20(31)8-17)24(32)15-41(3)4/h5-14,16,24,36H,15,32H2,1-4H3,(H,39,40)(H,34,37,38). The molecular weight excluding hydrogens is 519 g/mol. The van der Waals surface area contributed by atoms with Crippen LogP contribution in [0.5, 0.6) is 0 Å². The van der Waals surface area contributed by atoms with E-state index < -0.39 is 0 Å². The fourth-order valence-electron chi connectivity index (χ4n) is 4.99. The zero-order valence-corrected chi connectivity index (χ0v) is 23.3. The van der Waals surface area contributed by atoms with Gasteiger partial charge >= 0.3 is 0 Å². The fourth-order valence-corrected chi connectivity index (χ4v) is 4.99. The van der Waals surface area contributed by atoms with Gasteiger partial charge in [0, 0.05) is 53.7 Å². The van der Waals surface area contributed by atoms with Gasteiger partial charge in [-0.3, -0.25) is 15.1 Å². The number of benzene rings is 1. The van der Waals surface area contributed by atoms with Gasteiger partial charge in [-0.05, 0) is 75.5 Å². The van der Waals surface area contributed by atoms with Crippen molar-refractivity contribution in [2.45, 2.75) is 25.9 Å². The summed E-state index contributed by atoms with van der Waals surface area (Å²) in [5.41, 5.74) is 13.7. The summed E-state index contributed by atoms with van der Waals surface area (Å²) in [7, 11) is 3.88. The Kier molecular flexibility index (Phi) is 6.90. The number of rotatable bonds is 8. The minimum atomic E-state index is -0.350. The molecule has 6 aromatic rings. The van der Waals surface area contributed by atoms with E-state index in [9.17, 15) is 4.39 Å². The van der Waals surface area contributed by atoms with Crippen molar-refractivity contribution in [2.75, 3.05) is 26.0 Å². The maximum absolute atomic E-state index is 14.7. The minimum Gasteiger partial charge on any atom is -0.382 e. The number of nitrogens with zero attached hydrogens (tertiary/aromatic N) is 6. The second kappa shape index (κ2) is 10.7. The quantitative estimate of drug-likeness (QED) is 0.204. The summed E-state index contributed by atoms with van der Waals surface area (Å²) in [4.78, 5) is 23.6. The highest BCUT2D eigenvalue weighted by Gasteiger charge is 2.18. The minimum absolute atomic E-state index is 0.281. The SMILES string of the molecule is CC(C)Nc1cncc(-c2cc3c(-c4nc5nccc(-c6cc(F)cc(C(N)CN(C)C)c6)c5[nH]4)n[nH]c3cn2)c1. The van der Waals surface area contributed by atoms with Gasteiger partial charge in [0.05, 0.1) is 28.6 Å². The summed E-state index contributed by atoms with van der Waals surface area (Å²) in [6.07, 6.45) is 7.00. The van der Waals surface area contributed by atoms with Gasteiger partial charge in [0.25, 0.3) is 0 Å². The molecule has 0 aliphatic heterocycles. The lowest BCUT2D eigenvalue weighted by molar-refractivity contribution is 0.376. The molecule has 10 nitrogen and oxygen atoms in total. The van der Waals surface area contributed by atoms with Gasteiger partial charge in [0.15, 0.2) is 11.5 Å². The largest absolute Gasteiger partial charge is 0.382 e. The lowest BCUT2D eigenvalue weighted by Crippen LogP contribution is -2.26. The Morgan fingerprint density at radius 2 is 1.88 bits per heavy atom. The molecule has 0 spiro atoms. The Bertz CT molecular complexity index is 1860. The molecule has 1 atom stereocenters. The smallest absolute Gasteiger partial charge is 0.178 e. The first-order valence-electron chi connectivity index (χ1n) is 13.4. The second-order valence-corrected chi connectivity index (χ2v) is 10.7. The molecule has 0 aliphatic carbocycles. The summed E-state index contributed by atoms with van der Waals surface area (Å²) < 4.78 is 14.7. The number of aromatic amines is 2. The zero-order chi connectivity index (χ0) is 28.7. The number of halogens is 1. The first kappa shape index (κ1) is 26.5. The van der Waals surface area contributed by atoms with Crippen molar-refractivity contribution < 1.29 is 4.39 Å². The molecule has 41 heavy (non-hydrogen) atoms. The Morgan fingerprint density at radius 3 is 2.68 bits per heavy atom. The number of pyridine rings is 3. The molecule has 0 fully saturated rings. The molecular formula is C30H31FN10. The average molecular weight is 551 g/mol. The molecule has 208 valence electrons. The summed E-state index contributed by atoms with van der Waals surface area (Å²) in [6, 6.07) is 10.7. The van der Waals surface area contributed by atoms with E-state index in [1.807, 2.05) is 43.3 Å². The molecule has 0 amide bonds. The number of nitrogens with two attached hydrogens (primary N) is 1. The van der Waals surface area contributed by atoms with Crippen molar-refractivity contribution in [1.29, 1.82) is 0 Å². The zero-order valence-electron chi connectivity index (χ0n) is 23.3. The topological polar surface area (TPSA) is 137 Å². The van der Waals surface area contributed by atoms with Crippen LogP contribution < -0.4 is 11.1 Å². The maximum Gasteiger partial charge on any atom is 0.178 e. The van der Waals surface area contributed by atoms with E-state index in [1.54, 1.807) is 24.8 Å². The maximum atomic E-state index is 14.7. The highest BCUT2D eigenvalue weighted by Crippen LogP contribution is 2.33. The summed E-state index contributed by atoms with van der Waals surface area (Å²) in [5, 5.41) is 11.8. The summed E-state index contributed by atoms with van der Waals surface area (Å²) in [5.74, 6) is 0.189. The second-order valence-electron chi connectivity index (χ2n) is 10.7. The summed E-state index contributed by atoms with van der Waals surface area (Å²) in [6.45, 7) is 4.76. The van der Waals surface area contributed by atoms with Crippen molar-refractivity contribution in [3.05, 3.63) is 72.6 Å². The van der Waals surface area contributed by atoms with Crippen LogP contribution in [0.4, 0.5) is 10.1 Å². The molecule has 5 N–H and O–H groups in total. The van der Waals surface area contributed by atoms with Gasteiger partial charge in [-0.2, -0.15) is 5.10 Å². The van der Waals surface area contributed by atoms with Crippen LogP contribution in [0, 0.1) is 5.82 Å². The third kappa shape index (κ3) is 5.37. The lowest BCUT2D eigenvalue weighted by Gasteiger charge is -2.18. The van der Waals surface area contributed by atoms with Crippen molar-refractivity contribution in [3.63, 3.8) is 0 Å². The molecule has 6 rings (SSSR count). The number of imidazole rings is 1. The number of nitrogens with one attached hydrogen (secondary N) is 3. The van der Waals surface area contributed by atoms with Crippen LogP contribution in [0.25, 0.3) is 56.0 Å². The highest BCUT2D eigenvalue weighted by atomic mass is 19.1. The van der Waals surface area contributed by atoms with E-state index in [0.717, 1.165) is 39.0 Å². The third-order valence-corrected chi connectivity index (χ3v) is 6.77. The number of hydrogen-bond donors (Lipinski definition) is 4. The first-order chi connectivity index (χ1) is 19.7. The van der Waals surface area contributed by atoms with Crippen molar-refractivity contribution in [1.82, 2.24) is 40.0 Å². The van der Waals surface area contributed by atoms with Crippen molar-refractivity contribution in [3.8, 4) is 33.9 Å². The van der Waals surface area contributed by atoms with Crippen LogP contribution in [0.2, 0.25) is 0 Å². The number of anilines is 1. The van der Waals surface area contributed by atoms with Crippen LogP contribution in [-0.4, -0.2) is 66.7 Å². The van der Waals surface area contributed by atoms with Crippen LogP contribution >= 0.6 is 0 Å². The van der Waals surface area contributed by atoms with Gasteiger partial charge in [-0.15, -0.1) is 0 Å². The Labute approximate surface area is 236 Å². The summed E-state index contributed by atoms with van der Waals surface area (Å²) >= 11 is 0. The third-order valence-electron chi connectivity index (χ3n) is 6.77. The average Bonchev–Trinajstić information content (AvgIpc) is 3.55. The molecule has 0 saturated carbocycles. The monoisotopic (exact) mass is 550 g/mol. The van der Waals surface area contributed by atoms with Crippen LogP contribution in [-0.2, 0) is 0 Å². The van der Waals surface area contributed by atoms with E-state index >= 15 is 0 Å². The molecule has 1 aromatic carbocycles. The van der Waals surface area contributed by atoms with Crippen LogP contribution in [0.1, 0.15) is 25.5 Å². The van der Waals surface area contributed by atoms with Crippen LogP contribution in [0.15, 0.2) is 61.2 Å². The van der Waals surface area contributed by atoms with Crippen molar-refractivity contribution in [2.24, 2.45) is 5.73 Å². The number of aromatic nitrogens is 7. The molecule has 5 heterocycles. The van der Waals surface area contributed by atoms with E-state index in [2.05, 4.69) is 49.3 Å². The number of fused-ring (bicyclic) bond motifs is 2. The first-order valence-corrected chi connectivity index (χ1v) is 13.4. The molecule has 0 aliphatic rings. The van der Waals surface area contributed by atoms with Crippen molar-refractivity contribution >= 4 is 27.8 Å². The molecule has 0 saturated heterocycles. The van der Waals surface area contributed by atoms with Gasteiger partial charge in [-0.1, -0.05) is 0 Å². The number of H-pyrrole nitrogens is 2. The van der Waals surface area contributed by atoms with Gasteiger partial charge in [0.1, 0.15) is 11.5 Å². The Balaban J connectivity index is 1.41. The van der Waals surface area contributed by atoms with Gasteiger partial charge in [0.2, 0.25) is 0 Å². The van der Waals surface area contributed by atoms with E-state index in [1.165, 1.54) is 12.1 Å². The predicted octanol–water partition coefficient (Wildman–Crippen LogP) is 5.15. The number of hydrogen-bond acceptors (Lipinski definition) is 8. The Hall–Kier alpha value is -4.74. The fraction of sp³-hybridized carbons (Fsp3) is 0.233. The molecule has 0 radical (unpaired) electrons. The van der Waals surface area contributed by atoms with Crippen LogP contribution in [0.3, 0.4) is 0 Å². The van der Waals surface area contributed by atoms with Gasteiger partial charge < -0.3 is 20.9 Å². The molecule has 1 unspecified atom stereocenters. The van der Waals surface area contributed by atoms with E-state index in [4.69, 9.17) is 10.7 Å². The molecule has 0 bridgehead atoms. The van der Waals surface area contributed by atoms with E-state index in [0.29, 0.717) is 34.8 Å². The molecule has 5 aromatic heterocycles.